The number of benzene rings is 2. The summed E-state index contributed by atoms with van der Waals surface area (Å²) in [4.78, 5) is 0. The highest BCUT2D eigenvalue weighted by atomic mass is 16.5. The minimum absolute atomic E-state index is 0.0834. The van der Waals surface area contributed by atoms with Crippen LogP contribution in [0.3, 0.4) is 0 Å². The Morgan fingerprint density at radius 1 is 1.00 bits per heavy atom. The lowest BCUT2D eigenvalue weighted by Gasteiger charge is -2.30. The smallest absolute Gasteiger partial charge is 0.161 e. The molecule has 0 fully saturated rings. The average Bonchev–Trinajstić information content (AvgIpc) is 2.66. The zero-order valence-corrected chi connectivity index (χ0v) is 16.4. The maximum Gasteiger partial charge on any atom is 0.161 e. The number of ether oxygens (including phenoxy) is 3. The van der Waals surface area contributed by atoms with Gasteiger partial charge in [-0.05, 0) is 54.2 Å². The standard InChI is InChI=1S/C22H29NO3/c1-6-26-21-13-18-16(12-20(21)25-5)9-10-23-22(18)17-8-7-15(14(2)3)11-19(17)24-4/h7-8,11-14,22-23H,6,9-10H2,1-5H3. The Hall–Kier alpha value is -2.20. The van der Waals surface area contributed by atoms with Gasteiger partial charge in [-0.15, -0.1) is 0 Å². The third-order valence-corrected chi connectivity index (χ3v) is 5.01. The third kappa shape index (κ3) is 3.51. The molecular formula is C22H29NO3. The molecule has 0 aromatic heterocycles. The van der Waals surface area contributed by atoms with Crippen LogP contribution in [-0.2, 0) is 6.42 Å². The summed E-state index contributed by atoms with van der Waals surface area (Å²) in [6.45, 7) is 7.92. The first-order valence-electron chi connectivity index (χ1n) is 9.33. The SMILES string of the molecule is CCOc1cc2c(cc1OC)CCNC2c1ccc(C(C)C)cc1OC. The van der Waals surface area contributed by atoms with Gasteiger partial charge < -0.3 is 19.5 Å². The molecule has 0 bridgehead atoms. The summed E-state index contributed by atoms with van der Waals surface area (Å²) in [5, 5.41) is 3.65. The minimum atomic E-state index is 0.0834. The van der Waals surface area contributed by atoms with Crippen LogP contribution in [0.1, 0.15) is 55.0 Å². The minimum Gasteiger partial charge on any atom is -0.496 e. The molecule has 1 heterocycles. The zero-order valence-electron chi connectivity index (χ0n) is 16.4. The summed E-state index contributed by atoms with van der Waals surface area (Å²) < 4.78 is 17.1. The Bertz CT molecular complexity index is 770. The van der Waals surface area contributed by atoms with Gasteiger partial charge in [0.15, 0.2) is 11.5 Å². The maximum atomic E-state index is 5.80. The van der Waals surface area contributed by atoms with E-state index in [1.54, 1.807) is 14.2 Å². The van der Waals surface area contributed by atoms with Crippen molar-refractivity contribution in [1.29, 1.82) is 0 Å². The van der Waals surface area contributed by atoms with Crippen molar-refractivity contribution in [2.75, 3.05) is 27.4 Å². The van der Waals surface area contributed by atoms with Crippen LogP contribution >= 0.6 is 0 Å². The molecule has 0 aliphatic carbocycles. The van der Waals surface area contributed by atoms with E-state index in [1.807, 2.05) is 6.92 Å². The van der Waals surface area contributed by atoms with Gasteiger partial charge in [-0.25, -0.2) is 0 Å². The summed E-state index contributed by atoms with van der Waals surface area (Å²) >= 11 is 0. The third-order valence-electron chi connectivity index (χ3n) is 5.01. The Labute approximate surface area is 156 Å². The van der Waals surface area contributed by atoms with Crippen molar-refractivity contribution in [2.45, 2.75) is 39.2 Å². The van der Waals surface area contributed by atoms with Gasteiger partial charge in [0, 0.05) is 12.1 Å². The molecule has 0 spiro atoms. The molecule has 1 N–H and O–H groups in total. The highest BCUT2D eigenvalue weighted by Crippen LogP contribution is 2.40. The number of hydrogen-bond acceptors (Lipinski definition) is 4. The maximum absolute atomic E-state index is 5.80. The summed E-state index contributed by atoms with van der Waals surface area (Å²) in [6.07, 6.45) is 0.973. The lowest BCUT2D eigenvalue weighted by Crippen LogP contribution is -2.31. The molecule has 26 heavy (non-hydrogen) atoms. The molecule has 0 saturated carbocycles. The fraction of sp³-hybridized carbons (Fsp3) is 0.455. The average molecular weight is 355 g/mol. The van der Waals surface area contributed by atoms with Crippen molar-refractivity contribution in [2.24, 2.45) is 0 Å². The van der Waals surface area contributed by atoms with Gasteiger partial charge >= 0.3 is 0 Å². The summed E-state index contributed by atoms with van der Waals surface area (Å²) in [6, 6.07) is 10.9. The zero-order chi connectivity index (χ0) is 18.7. The highest BCUT2D eigenvalue weighted by molar-refractivity contribution is 5.54. The normalized spacial score (nSPS) is 16.3. The Kier molecular flexibility index (Phi) is 5.72. The topological polar surface area (TPSA) is 39.7 Å². The van der Waals surface area contributed by atoms with Gasteiger partial charge in [0.05, 0.1) is 26.9 Å². The van der Waals surface area contributed by atoms with Crippen LogP contribution in [0.15, 0.2) is 30.3 Å². The van der Waals surface area contributed by atoms with Gasteiger partial charge in [-0.1, -0.05) is 26.0 Å². The van der Waals surface area contributed by atoms with Gasteiger partial charge in [-0.3, -0.25) is 0 Å². The highest BCUT2D eigenvalue weighted by Gasteiger charge is 2.26. The van der Waals surface area contributed by atoms with E-state index in [-0.39, 0.29) is 6.04 Å². The number of fused-ring (bicyclic) bond motifs is 1. The molecule has 2 aromatic rings. The van der Waals surface area contributed by atoms with Crippen molar-refractivity contribution in [1.82, 2.24) is 5.32 Å². The Balaban J connectivity index is 2.08. The van der Waals surface area contributed by atoms with Crippen LogP contribution in [0.25, 0.3) is 0 Å². The molecule has 4 nitrogen and oxygen atoms in total. The van der Waals surface area contributed by atoms with Crippen LogP contribution in [0.5, 0.6) is 17.2 Å². The molecule has 1 aliphatic rings. The molecule has 140 valence electrons. The van der Waals surface area contributed by atoms with Gasteiger partial charge in [0.1, 0.15) is 5.75 Å². The first-order chi connectivity index (χ1) is 12.6. The van der Waals surface area contributed by atoms with E-state index in [0.717, 1.165) is 35.8 Å². The van der Waals surface area contributed by atoms with Crippen molar-refractivity contribution < 1.29 is 14.2 Å². The van der Waals surface area contributed by atoms with Crippen LogP contribution in [-0.4, -0.2) is 27.4 Å². The molecule has 1 aliphatic heterocycles. The summed E-state index contributed by atoms with van der Waals surface area (Å²) in [7, 11) is 3.43. The second kappa shape index (κ2) is 8.00. The fourth-order valence-corrected chi connectivity index (χ4v) is 3.59. The molecule has 0 saturated heterocycles. The number of hydrogen-bond donors (Lipinski definition) is 1. The summed E-state index contributed by atoms with van der Waals surface area (Å²) in [5.41, 5.74) is 4.97. The van der Waals surface area contributed by atoms with Gasteiger partial charge in [-0.2, -0.15) is 0 Å². The molecule has 2 aromatic carbocycles. The van der Waals surface area contributed by atoms with E-state index in [4.69, 9.17) is 14.2 Å². The van der Waals surface area contributed by atoms with Crippen LogP contribution < -0.4 is 19.5 Å². The van der Waals surface area contributed by atoms with E-state index < -0.39 is 0 Å². The molecule has 1 atom stereocenters. The molecule has 0 amide bonds. The number of methoxy groups -OCH3 is 2. The van der Waals surface area contributed by atoms with E-state index in [0.29, 0.717) is 12.5 Å². The lowest BCUT2D eigenvalue weighted by atomic mass is 9.88. The van der Waals surface area contributed by atoms with E-state index in [2.05, 4.69) is 49.5 Å². The molecule has 0 radical (unpaired) electrons. The van der Waals surface area contributed by atoms with Crippen LogP contribution in [0, 0.1) is 0 Å². The Morgan fingerprint density at radius 3 is 2.42 bits per heavy atom. The predicted molar refractivity (Wildman–Crippen MR) is 105 cm³/mol. The van der Waals surface area contributed by atoms with Gasteiger partial charge in [0.2, 0.25) is 0 Å². The van der Waals surface area contributed by atoms with Crippen molar-refractivity contribution in [3.8, 4) is 17.2 Å². The van der Waals surface area contributed by atoms with Crippen molar-refractivity contribution in [3.63, 3.8) is 0 Å². The number of rotatable bonds is 6. The molecule has 1 unspecified atom stereocenters. The van der Waals surface area contributed by atoms with Crippen molar-refractivity contribution >= 4 is 0 Å². The fourth-order valence-electron chi connectivity index (χ4n) is 3.59. The largest absolute Gasteiger partial charge is 0.496 e. The molecule has 4 heteroatoms. The van der Waals surface area contributed by atoms with Crippen molar-refractivity contribution in [3.05, 3.63) is 52.6 Å². The second-order valence-corrected chi connectivity index (χ2v) is 6.93. The Morgan fingerprint density at radius 2 is 1.77 bits per heavy atom. The van der Waals surface area contributed by atoms with E-state index in [9.17, 15) is 0 Å². The van der Waals surface area contributed by atoms with Crippen LogP contribution in [0.4, 0.5) is 0 Å². The lowest BCUT2D eigenvalue weighted by molar-refractivity contribution is 0.309. The molecule has 3 rings (SSSR count). The molecular weight excluding hydrogens is 326 g/mol. The quantitative estimate of drug-likeness (QED) is 0.830. The second-order valence-electron chi connectivity index (χ2n) is 6.93. The predicted octanol–water partition coefficient (Wildman–Crippen LogP) is 4.46. The first-order valence-corrected chi connectivity index (χ1v) is 9.33. The van der Waals surface area contributed by atoms with Crippen LogP contribution in [0.2, 0.25) is 0 Å². The first kappa shape index (κ1) is 18.6. The van der Waals surface area contributed by atoms with Gasteiger partial charge in [0.25, 0.3) is 0 Å². The summed E-state index contributed by atoms with van der Waals surface area (Å²) in [5.74, 6) is 2.99. The van der Waals surface area contributed by atoms with E-state index >= 15 is 0 Å². The number of nitrogens with one attached hydrogen (secondary N) is 1. The monoisotopic (exact) mass is 355 g/mol. The van der Waals surface area contributed by atoms with E-state index in [1.165, 1.54) is 16.7 Å².